The van der Waals surface area contributed by atoms with Crippen LogP contribution in [0.2, 0.25) is 0 Å². The summed E-state index contributed by atoms with van der Waals surface area (Å²) in [6.45, 7) is -0.547. The molecule has 0 saturated heterocycles. The van der Waals surface area contributed by atoms with Crippen molar-refractivity contribution in [1.29, 1.82) is 0 Å². The van der Waals surface area contributed by atoms with E-state index in [0.717, 1.165) is 0 Å². The van der Waals surface area contributed by atoms with Crippen LogP contribution >= 0.6 is 0 Å². The first kappa shape index (κ1) is 14.2. The minimum absolute atomic E-state index is 0.226. The Morgan fingerprint density at radius 1 is 1.65 bits per heavy atom. The summed E-state index contributed by atoms with van der Waals surface area (Å²) in [6.07, 6.45) is 2.36. The highest BCUT2D eigenvalue weighted by atomic mass is 16.6. The molecule has 0 spiro atoms. The zero-order valence-electron chi connectivity index (χ0n) is 11.0. The van der Waals surface area contributed by atoms with Crippen molar-refractivity contribution in [3.63, 3.8) is 0 Å². The van der Waals surface area contributed by atoms with E-state index in [4.69, 9.17) is 9.15 Å². The van der Waals surface area contributed by atoms with Gasteiger partial charge >= 0.3 is 5.97 Å². The summed E-state index contributed by atoms with van der Waals surface area (Å²) in [5, 5.41) is 10.9. The Bertz CT molecular complexity index is 523. The van der Waals surface area contributed by atoms with Gasteiger partial charge in [0.15, 0.2) is 5.78 Å². The number of ether oxygens (including phenoxy) is 1. The average molecular weight is 281 g/mol. The van der Waals surface area contributed by atoms with Crippen molar-refractivity contribution in [3.8, 4) is 0 Å². The van der Waals surface area contributed by atoms with Gasteiger partial charge in [0.05, 0.1) is 13.4 Å². The molecule has 0 aromatic carbocycles. The standard InChI is InChI=1S/C13H15NO6/c1-19-12(16)13(6-2-5-11(13)15)9(8-14(17)18)10-4-3-7-20-10/h3-4,7,9H,2,5-6,8H2,1H3/t9-,13+/m0/s1. The molecule has 1 aliphatic rings. The number of nitro groups is 1. The van der Waals surface area contributed by atoms with Gasteiger partial charge in [0.2, 0.25) is 6.54 Å². The molecule has 0 N–H and O–H groups in total. The van der Waals surface area contributed by atoms with Gasteiger partial charge in [-0.25, -0.2) is 0 Å². The van der Waals surface area contributed by atoms with E-state index in [-0.39, 0.29) is 24.4 Å². The normalized spacial score (nSPS) is 23.6. The molecule has 1 fully saturated rings. The molecule has 7 heteroatoms. The average Bonchev–Trinajstić information content (AvgIpc) is 3.05. The third kappa shape index (κ3) is 2.19. The first-order valence-electron chi connectivity index (χ1n) is 6.29. The first-order valence-corrected chi connectivity index (χ1v) is 6.29. The molecule has 0 bridgehead atoms. The molecule has 1 aliphatic carbocycles. The SMILES string of the molecule is COC(=O)[C@@]1([C@@H](C[N+](=O)[O-])c2ccco2)CCCC1=O. The van der Waals surface area contributed by atoms with Crippen molar-refractivity contribution in [3.05, 3.63) is 34.3 Å². The summed E-state index contributed by atoms with van der Waals surface area (Å²) in [7, 11) is 1.18. The molecule has 1 saturated carbocycles. The van der Waals surface area contributed by atoms with Crippen molar-refractivity contribution in [2.75, 3.05) is 13.7 Å². The molecular weight excluding hydrogens is 266 g/mol. The topological polar surface area (TPSA) is 99.7 Å². The fourth-order valence-corrected chi connectivity index (χ4v) is 2.93. The number of furan rings is 1. The lowest BCUT2D eigenvalue weighted by molar-refractivity contribution is -0.486. The molecule has 7 nitrogen and oxygen atoms in total. The summed E-state index contributed by atoms with van der Waals surface area (Å²) in [5.41, 5.74) is -1.50. The van der Waals surface area contributed by atoms with Crippen LogP contribution in [-0.4, -0.2) is 30.3 Å². The first-order chi connectivity index (χ1) is 9.52. The maximum atomic E-state index is 12.2. The Morgan fingerprint density at radius 2 is 2.40 bits per heavy atom. The third-order valence-corrected chi connectivity index (χ3v) is 3.84. The summed E-state index contributed by atoms with van der Waals surface area (Å²) in [5.74, 6) is -1.70. The second kappa shape index (κ2) is 5.44. The summed E-state index contributed by atoms with van der Waals surface area (Å²) in [4.78, 5) is 34.8. The second-order valence-corrected chi connectivity index (χ2v) is 4.82. The van der Waals surface area contributed by atoms with E-state index in [2.05, 4.69) is 0 Å². The van der Waals surface area contributed by atoms with Gasteiger partial charge in [-0.05, 0) is 25.0 Å². The third-order valence-electron chi connectivity index (χ3n) is 3.84. The number of rotatable bonds is 5. The number of methoxy groups -OCH3 is 1. The van der Waals surface area contributed by atoms with E-state index in [1.807, 2.05) is 0 Å². The highest BCUT2D eigenvalue weighted by Gasteiger charge is 2.58. The van der Waals surface area contributed by atoms with Crippen LogP contribution in [0.1, 0.15) is 30.9 Å². The van der Waals surface area contributed by atoms with Gasteiger partial charge in [-0.15, -0.1) is 0 Å². The van der Waals surface area contributed by atoms with Crippen molar-refractivity contribution in [2.24, 2.45) is 5.41 Å². The van der Waals surface area contributed by atoms with Crippen LogP contribution in [0.3, 0.4) is 0 Å². The van der Waals surface area contributed by atoms with Gasteiger partial charge in [-0.1, -0.05) is 0 Å². The van der Waals surface area contributed by atoms with Crippen molar-refractivity contribution in [2.45, 2.75) is 25.2 Å². The van der Waals surface area contributed by atoms with Crippen LogP contribution in [0.15, 0.2) is 22.8 Å². The highest BCUT2D eigenvalue weighted by Crippen LogP contribution is 2.47. The number of ketones is 1. The molecule has 2 rings (SSSR count). The smallest absolute Gasteiger partial charge is 0.320 e. The van der Waals surface area contributed by atoms with Gasteiger partial charge in [0.1, 0.15) is 17.1 Å². The molecular formula is C13H15NO6. The largest absolute Gasteiger partial charge is 0.469 e. The second-order valence-electron chi connectivity index (χ2n) is 4.82. The van der Waals surface area contributed by atoms with Crippen LogP contribution in [0, 0.1) is 15.5 Å². The Morgan fingerprint density at radius 3 is 2.85 bits per heavy atom. The monoisotopic (exact) mass is 281 g/mol. The number of hydrogen-bond donors (Lipinski definition) is 0. The van der Waals surface area contributed by atoms with Gasteiger partial charge in [0.25, 0.3) is 0 Å². The summed E-state index contributed by atoms with van der Waals surface area (Å²) >= 11 is 0. The van der Waals surface area contributed by atoms with E-state index >= 15 is 0 Å². The van der Waals surface area contributed by atoms with Crippen LogP contribution in [0.5, 0.6) is 0 Å². The molecule has 20 heavy (non-hydrogen) atoms. The lowest BCUT2D eigenvalue weighted by Gasteiger charge is -2.29. The maximum Gasteiger partial charge on any atom is 0.320 e. The van der Waals surface area contributed by atoms with E-state index in [1.54, 1.807) is 12.1 Å². The van der Waals surface area contributed by atoms with Crippen molar-refractivity contribution >= 4 is 11.8 Å². The molecule has 1 aromatic heterocycles. The molecule has 108 valence electrons. The zero-order valence-corrected chi connectivity index (χ0v) is 11.0. The molecule has 2 atom stereocenters. The number of carbonyl (C=O) groups excluding carboxylic acids is 2. The maximum absolute atomic E-state index is 12.2. The predicted molar refractivity (Wildman–Crippen MR) is 66.6 cm³/mol. The van der Waals surface area contributed by atoms with Gasteiger partial charge < -0.3 is 9.15 Å². The molecule has 0 amide bonds. The van der Waals surface area contributed by atoms with E-state index in [9.17, 15) is 19.7 Å². The fourth-order valence-electron chi connectivity index (χ4n) is 2.93. The van der Waals surface area contributed by atoms with Crippen LogP contribution < -0.4 is 0 Å². The predicted octanol–water partition coefficient (Wildman–Crippen LogP) is 1.55. The van der Waals surface area contributed by atoms with Crippen molar-refractivity contribution in [1.82, 2.24) is 0 Å². The lowest BCUT2D eigenvalue weighted by Crippen LogP contribution is -2.44. The molecule has 0 aliphatic heterocycles. The summed E-state index contributed by atoms with van der Waals surface area (Å²) in [6, 6.07) is 3.12. The fraction of sp³-hybridized carbons (Fsp3) is 0.538. The minimum Gasteiger partial charge on any atom is -0.469 e. The molecule has 1 heterocycles. The Hall–Kier alpha value is -2.18. The van der Waals surface area contributed by atoms with Crippen molar-refractivity contribution < 1.29 is 23.7 Å². The Kier molecular flexibility index (Phi) is 3.87. The van der Waals surface area contributed by atoms with E-state index < -0.39 is 28.8 Å². The van der Waals surface area contributed by atoms with Gasteiger partial charge in [-0.3, -0.25) is 19.7 Å². The molecule has 0 unspecified atom stereocenters. The van der Waals surface area contributed by atoms with Gasteiger partial charge in [0, 0.05) is 11.3 Å². The van der Waals surface area contributed by atoms with Gasteiger partial charge in [-0.2, -0.15) is 0 Å². The van der Waals surface area contributed by atoms with E-state index in [1.165, 1.54) is 13.4 Å². The quantitative estimate of drug-likeness (QED) is 0.351. The number of Topliss-reactive ketones (excluding diaryl/α,β-unsaturated/α-hetero) is 1. The number of hydrogen-bond acceptors (Lipinski definition) is 6. The van der Waals surface area contributed by atoms with Crippen LogP contribution in [0.4, 0.5) is 0 Å². The number of nitrogens with zero attached hydrogens (tertiary/aromatic N) is 1. The van der Waals surface area contributed by atoms with E-state index in [0.29, 0.717) is 6.42 Å². The van der Waals surface area contributed by atoms with Crippen LogP contribution in [0.25, 0.3) is 0 Å². The highest BCUT2D eigenvalue weighted by molar-refractivity contribution is 6.06. The minimum atomic E-state index is -1.50. The number of esters is 1. The Balaban J connectivity index is 2.50. The summed E-state index contributed by atoms with van der Waals surface area (Å²) < 4.78 is 9.96. The number of carbonyl (C=O) groups is 2. The molecule has 0 radical (unpaired) electrons. The zero-order chi connectivity index (χ0) is 14.8. The lowest BCUT2D eigenvalue weighted by atomic mass is 9.71. The Labute approximate surface area is 115 Å². The van der Waals surface area contributed by atoms with Crippen LogP contribution in [-0.2, 0) is 14.3 Å². The molecule has 1 aromatic rings.